The monoisotopic (exact) mass is 440 g/mol. The van der Waals surface area contributed by atoms with E-state index >= 15 is 0 Å². The molecular formula is C29H28O4. The number of benzene rings is 4. The van der Waals surface area contributed by atoms with Gasteiger partial charge in [-0.15, -0.1) is 0 Å². The number of phenols is 4. The Hall–Kier alpha value is -3.92. The van der Waals surface area contributed by atoms with Crippen molar-refractivity contribution >= 4 is 0 Å². The van der Waals surface area contributed by atoms with E-state index in [0.717, 1.165) is 50.1 Å². The molecule has 4 N–H and O–H groups in total. The summed E-state index contributed by atoms with van der Waals surface area (Å²) in [5.74, 6) is 0.750. The minimum atomic E-state index is 0.168. The third-order valence-corrected chi connectivity index (χ3v) is 6.14. The number of phenolic OH excluding ortho intramolecular Hbond substituents is 4. The van der Waals surface area contributed by atoms with Gasteiger partial charge in [-0.25, -0.2) is 0 Å². The quantitative estimate of drug-likeness (QED) is 0.294. The van der Waals surface area contributed by atoms with Crippen molar-refractivity contribution in [3.05, 3.63) is 106 Å². The molecule has 4 aromatic carbocycles. The van der Waals surface area contributed by atoms with Crippen molar-refractivity contribution in [2.75, 3.05) is 0 Å². The summed E-state index contributed by atoms with van der Waals surface area (Å²) < 4.78 is 0. The highest BCUT2D eigenvalue weighted by molar-refractivity contribution is 5.76. The molecule has 4 rings (SSSR count). The first kappa shape index (κ1) is 22.3. The van der Waals surface area contributed by atoms with Gasteiger partial charge < -0.3 is 20.4 Å². The van der Waals surface area contributed by atoms with E-state index in [1.165, 1.54) is 0 Å². The Morgan fingerprint density at radius 2 is 1.09 bits per heavy atom. The second-order valence-corrected chi connectivity index (χ2v) is 8.70. The normalized spacial score (nSPS) is 11.0. The zero-order chi connectivity index (χ0) is 23.7. The predicted octanol–water partition coefficient (Wildman–Crippen LogP) is 6.28. The van der Waals surface area contributed by atoms with Crippen LogP contribution in [0.4, 0.5) is 0 Å². The lowest BCUT2D eigenvalue weighted by molar-refractivity contribution is 0.465. The van der Waals surface area contributed by atoms with Crippen molar-refractivity contribution < 1.29 is 20.4 Å². The lowest BCUT2D eigenvalue weighted by Gasteiger charge is -2.21. The molecule has 0 heterocycles. The number of aromatic hydroxyl groups is 4. The first-order chi connectivity index (χ1) is 15.7. The van der Waals surface area contributed by atoms with Crippen molar-refractivity contribution in [3.8, 4) is 34.1 Å². The van der Waals surface area contributed by atoms with Gasteiger partial charge in [0.25, 0.3) is 0 Å². The minimum Gasteiger partial charge on any atom is -0.508 e. The van der Waals surface area contributed by atoms with Crippen LogP contribution in [-0.4, -0.2) is 20.4 Å². The molecule has 0 atom stereocenters. The van der Waals surface area contributed by atoms with E-state index in [2.05, 4.69) is 0 Å². The van der Waals surface area contributed by atoms with Crippen LogP contribution in [0.25, 0.3) is 11.1 Å². The molecule has 0 fully saturated rings. The topological polar surface area (TPSA) is 80.9 Å². The third-order valence-electron chi connectivity index (χ3n) is 6.14. The minimum absolute atomic E-state index is 0.168. The fraction of sp³-hybridized carbons (Fsp3) is 0.172. The van der Waals surface area contributed by atoms with E-state index in [-0.39, 0.29) is 23.0 Å². The van der Waals surface area contributed by atoms with Crippen molar-refractivity contribution in [3.63, 3.8) is 0 Å². The molecule has 4 heteroatoms. The van der Waals surface area contributed by atoms with Crippen LogP contribution in [0.3, 0.4) is 0 Å². The Kier molecular flexibility index (Phi) is 6.01. The van der Waals surface area contributed by atoms with E-state index in [0.29, 0.717) is 12.8 Å². The lowest BCUT2D eigenvalue weighted by Crippen LogP contribution is -2.03. The summed E-state index contributed by atoms with van der Waals surface area (Å²) in [6.07, 6.45) is 0.848. The zero-order valence-electron chi connectivity index (χ0n) is 19.1. The number of aryl methyl sites for hydroxylation is 2. The van der Waals surface area contributed by atoms with Gasteiger partial charge in [0, 0.05) is 12.8 Å². The predicted molar refractivity (Wildman–Crippen MR) is 131 cm³/mol. The maximum absolute atomic E-state index is 10.8. The molecule has 0 saturated heterocycles. The van der Waals surface area contributed by atoms with Gasteiger partial charge in [-0.3, -0.25) is 0 Å². The Morgan fingerprint density at radius 1 is 0.545 bits per heavy atom. The van der Waals surface area contributed by atoms with Gasteiger partial charge in [-0.05, 0) is 90.0 Å². The smallest absolute Gasteiger partial charge is 0.119 e. The van der Waals surface area contributed by atoms with E-state index in [1.807, 2.05) is 57.2 Å². The standard InChI is InChI=1S/C29H28O4/c1-17-4-10-26(31)21(12-17)14-23-16-28(33)19(3)25(15-22-13-18(2)5-11-27(22)32)29(23)20-6-8-24(30)9-7-20/h4-13,16,30-33H,14-15H2,1-3H3. The zero-order valence-corrected chi connectivity index (χ0v) is 19.1. The lowest BCUT2D eigenvalue weighted by atomic mass is 9.84. The molecule has 0 aliphatic carbocycles. The Bertz CT molecular complexity index is 1320. The van der Waals surface area contributed by atoms with Crippen LogP contribution in [0.2, 0.25) is 0 Å². The highest BCUT2D eigenvalue weighted by atomic mass is 16.3. The van der Waals surface area contributed by atoms with Gasteiger partial charge in [0.05, 0.1) is 0 Å². The van der Waals surface area contributed by atoms with E-state index in [4.69, 9.17) is 0 Å². The van der Waals surface area contributed by atoms with Crippen LogP contribution >= 0.6 is 0 Å². The second-order valence-electron chi connectivity index (χ2n) is 8.70. The second kappa shape index (κ2) is 8.91. The molecule has 4 nitrogen and oxygen atoms in total. The molecule has 0 radical (unpaired) electrons. The average Bonchev–Trinajstić information content (AvgIpc) is 2.78. The molecule has 0 amide bonds. The summed E-state index contributed by atoms with van der Waals surface area (Å²) in [5, 5.41) is 41.6. The summed E-state index contributed by atoms with van der Waals surface area (Å²) in [4.78, 5) is 0. The van der Waals surface area contributed by atoms with Gasteiger partial charge in [-0.1, -0.05) is 47.5 Å². The highest BCUT2D eigenvalue weighted by Gasteiger charge is 2.20. The summed E-state index contributed by atoms with van der Waals surface area (Å²) in [6.45, 7) is 5.82. The summed E-state index contributed by atoms with van der Waals surface area (Å²) in [6, 6.07) is 19.7. The molecule has 0 spiro atoms. The summed E-state index contributed by atoms with van der Waals surface area (Å²) in [5.41, 5.74) is 7.90. The van der Waals surface area contributed by atoms with Crippen molar-refractivity contribution in [2.24, 2.45) is 0 Å². The first-order valence-corrected chi connectivity index (χ1v) is 10.9. The molecule has 0 bridgehead atoms. The summed E-state index contributed by atoms with van der Waals surface area (Å²) in [7, 11) is 0. The van der Waals surface area contributed by atoms with Crippen LogP contribution in [0, 0.1) is 20.8 Å². The highest BCUT2D eigenvalue weighted by Crippen LogP contribution is 2.39. The average molecular weight is 441 g/mol. The van der Waals surface area contributed by atoms with Crippen LogP contribution in [0.15, 0.2) is 66.7 Å². The molecule has 0 unspecified atom stereocenters. The van der Waals surface area contributed by atoms with E-state index in [1.54, 1.807) is 30.3 Å². The molecule has 33 heavy (non-hydrogen) atoms. The molecule has 0 saturated carbocycles. The summed E-state index contributed by atoms with van der Waals surface area (Å²) >= 11 is 0. The fourth-order valence-corrected chi connectivity index (χ4v) is 4.34. The number of hydrogen-bond donors (Lipinski definition) is 4. The van der Waals surface area contributed by atoms with Gasteiger partial charge in [-0.2, -0.15) is 0 Å². The maximum atomic E-state index is 10.8. The van der Waals surface area contributed by atoms with Crippen molar-refractivity contribution in [2.45, 2.75) is 33.6 Å². The molecule has 4 aromatic rings. The largest absolute Gasteiger partial charge is 0.508 e. The molecule has 0 aromatic heterocycles. The van der Waals surface area contributed by atoms with Crippen LogP contribution < -0.4 is 0 Å². The van der Waals surface area contributed by atoms with Crippen LogP contribution in [0.1, 0.15) is 38.9 Å². The van der Waals surface area contributed by atoms with Gasteiger partial charge in [0.1, 0.15) is 23.0 Å². The molecular weight excluding hydrogens is 412 g/mol. The SMILES string of the molecule is Cc1ccc(O)c(Cc2cc(O)c(C)c(Cc3cc(C)ccc3O)c2-c2ccc(O)cc2)c1. The Morgan fingerprint density at radius 3 is 1.67 bits per heavy atom. The van der Waals surface area contributed by atoms with Crippen molar-refractivity contribution in [1.29, 1.82) is 0 Å². The fourth-order valence-electron chi connectivity index (χ4n) is 4.34. The Labute approximate surface area is 194 Å². The van der Waals surface area contributed by atoms with Gasteiger partial charge >= 0.3 is 0 Å². The number of hydrogen-bond acceptors (Lipinski definition) is 4. The van der Waals surface area contributed by atoms with Crippen LogP contribution in [-0.2, 0) is 12.8 Å². The van der Waals surface area contributed by atoms with E-state index < -0.39 is 0 Å². The van der Waals surface area contributed by atoms with Crippen molar-refractivity contribution in [1.82, 2.24) is 0 Å². The van der Waals surface area contributed by atoms with Crippen LogP contribution in [0.5, 0.6) is 23.0 Å². The first-order valence-electron chi connectivity index (χ1n) is 10.9. The van der Waals surface area contributed by atoms with E-state index in [9.17, 15) is 20.4 Å². The third kappa shape index (κ3) is 4.65. The van der Waals surface area contributed by atoms with Gasteiger partial charge in [0.2, 0.25) is 0 Å². The molecule has 0 aliphatic rings. The maximum Gasteiger partial charge on any atom is 0.119 e. The molecule has 168 valence electrons. The van der Waals surface area contributed by atoms with Gasteiger partial charge in [0.15, 0.2) is 0 Å². The number of rotatable bonds is 5. The molecule has 0 aliphatic heterocycles. The Balaban J connectivity index is 1.95.